The van der Waals surface area contributed by atoms with Crippen molar-refractivity contribution in [1.29, 1.82) is 0 Å². The number of pyridine rings is 1. The fourth-order valence-corrected chi connectivity index (χ4v) is 1.66. The first-order valence-corrected chi connectivity index (χ1v) is 5.87. The average Bonchev–Trinajstić information content (AvgIpc) is 2.46. The molecule has 2 aromatic rings. The van der Waals surface area contributed by atoms with E-state index >= 15 is 0 Å². The number of halogens is 2. The molecule has 0 saturated heterocycles. The van der Waals surface area contributed by atoms with Crippen molar-refractivity contribution in [3.05, 3.63) is 57.8 Å². The lowest BCUT2D eigenvalue weighted by molar-refractivity contribution is -0.387. The van der Waals surface area contributed by atoms with Gasteiger partial charge in [-0.05, 0) is 6.07 Å². The number of nitro groups is 1. The van der Waals surface area contributed by atoms with Crippen LogP contribution in [-0.4, -0.2) is 17.0 Å². The second-order valence-electron chi connectivity index (χ2n) is 4.09. The van der Waals surface area contributed by atoms with E-state index in [0.29, 0.717) is 17.6 Å². The van der Waals surface area contributed by atoms with Gasteiger partial charge in [-0.1, -0.05) is 0 Å². The van der Waals surface area contributed by atoms with Crippen LogP contribution >= 0.6 is 0 Å². The molecule has 110 valence electrons. The van der Waals surface area contributed by atoms with Crippen molar-refractivity contribution in [2.75, 3.05) is 12.4 Å². The average molecular weight is 295 g/mol. The summed E-state index contributed by atoms with van der Waals surface area (Å²) in [4.78, 5) is 13.7. The molecule has 0 fully saturated rings. The van der Waals surface area contributed by atoms with E-state index in [-0.39, 0.29) is 12.1 Å². The zero-order valence-electron chi connectivity index (χ0n) is 11.0. The van der Waals surface area contributed by atoms with Gasteiger partial charge in [-0.2, -0.15) is 4.39 Å². The molecule has 0 aliphatic heterocycles. The van der Waals surface area contributed by atoms with Gasteiger partial charge in [-0.25, -0.2) is 9.37 Å². The molecular formula is C13H11F2N3O3. The summed E-state index contributed by atoms with van der Waals surface area (Å²) in [5, 5.41) is 13.5. The van der Waals surface area contributed by atoms with E-state index in [2.05, 4.69) is 10.3 Å². The molecule has 21 heavy (non-hydrogen) atoms. The highest BCUT2D eigenvalue weighted by molar-refractivity contribution is 5.44. The second-order valence-corrected chi connectivity index (χ2v) is 4.09. The SMILES string of the molecule is COc1ccc(NCc2cc([N+](=O)[O-])c(F)cc2F)cn1. The third-order valence-corrected chi connectivity index (χ3v) is 2.74. The lowest BCUT2D eigenvalue weighted by atomic mass is 10.1. The first-order valence-electron chi connectivity index (χ1n) is 5.87. The zero-order valence-corrected chi connectivity index (χ0v) is 11.0. The van der Waals surface area contributed by atoms with Crippen LogP contribution in [0.25, 0.3) is 0 Å². The molecule has 0 aliphatic carbocycles. The largest absolute Gasteiger partial charge is 0.481 e. The molecule has 0 radical (unpaired) electrons. The van der Waals surface area contributed by atoms with E-state index in [9.17, 15) is 18.9 Å². The molecular weight excluding hydrogens is 284 g/mol. The van der Waals surface area contributed by atoms with Crippen molar-refractivity contribution in [2.24, 2.45) is 0 Å². The lowest BCUT2D eigenvalue weighted by Crippen LogP contribution is -2.04. The van der Waals surface area contributed by atoms with Crippen molar-refractivity contribution in [3.8, 4) is 5.88 Å². The number of ether oxygens (including phenoxy) is 1. The predicted octanol–water partition coefficient (Wildman–Crippen LogP) is 2.89. The third kappa shape index (κ3) is 3.41. The van der Waals surface area contributed by atoms with Gasteiger partial charge in [-0.3, -0.25) is 10.1 Å². The minimum Gasteiger partial charge on any atom is -0.481 e. The molecule has 6 nitrogen and oxygen atoms in total. The predicted molar refractivity (Wildman–Crippen MR) is 71.1 cm³/mol. The normalized spacial score (nSPS) is 10.2. The molecule has 1 N–H and O–H groups in total. The number of nitro benzene ring substituents is 1. The number of hydrogen-bond acceptors (Lipinski definition) is 5. The van der Waals surface area contributed by atoms with Crippen molar-refractivity contribution in [3.63, 3.8) is 0 Å². The van der Waals surface area contributed by atoms with Crippen LogP contribution in [0.2, 0.25) is 0 Å². The van der Waals surface area contributed by atoms with Crippen molar-refractivity contribution in [2.45, 2.75) is 6.54 Å². The van der Waals surface area contributed by atoms with Gasteiger partial charge < -0.3 is 10.1 Å². The van der Waals surface area contributed by atoms with E-state index in [1.54, 1.807) is 12.1 Å². The Kier molecular flexibility index (Phi) is 4.27. The van der Waals surface area contributed by atoms with Crippen LogP contribution in [0, 0.1) is 21.7 Å². The summed E-state index contributed by atoms with van der Waals surface area (Å²) in [5.74, 6) is -1.64. The van der Waals surface area contributed by atoms with Gasteiger partial charge in [0, 0.05) is 30.3 Å². The van der Waals surface area contributed by atoms with Gasteiger partial charge in [0.05, 0.1) is 23.9 Å². The van der Waals surface area contributed by atoms with Crippen molar-refractivity contribution >= 4 is 11.4 Å². The number of aromatic nitrogens is 1. The smallest absolute Gasteiger partial charge is 0.305 e. The Morgan fingerprint density at radius 3 is 2.67 bits per heavy atom. The number of rotatable bonds is 5. The van der Waals surface area contributed by atoms with Crippen LogP contribution in [0.3, 0.4) is 0 Å². The van der Waals surface area contributed by atoms with E-state index in [1.165, 1.54) is 13.3 Å². The van der Waals surface area contributed by atoms with Gasteiger partial charge >= 0.3 is 5.69 Å². The molecule has 0 amide bonds. The summed E-state index contributed by atoms with van der Waals surface area (Å²) in [6.07, 6.45) is 1.47. The molecule has 2 rings (SSSR count). The van der Waals surface area contributed by atoms with Gasteiger partial charge in [-0.15, -0.1) is 0 Å². The summed E-state index contributed by atoms with van der Waals surface area (Å²) >= 11 is 0. The second kappa shape index (κ2) is 6.12. The Bertz CT molecular complexity index is 662. The molecule has 1 heterocycles. The summed E-state index contributed by atoms with van der Waals surface area (Å²) in [7, 11) is 1.47. The highest BCUT2D eigenvalue weighted by atomic mass is 19.1. The summed E-state index contributed by atoms with van der Waals surface area (Å²) in [5.41, 5.74) is -0.206. The van der Waals surface area contributed by atoms with Crippen molar-refractivity contribution in [1.82, 2.24) is 4.98 Å². The number of benzene rings is 1. The molecule has 1 aromatic carbocycles. The number of methoxy groups -OCH3 is 1. The zero-order chi connectivity index (χ0) is 15.4. The monoisotopic (exact) mass is 295 g/mol. The number of nitrogens with one attached hydrogen (secondary N) is 1. The summed E-state index contributed by atoms with van der Waals surface area (Å²) in [6.45, 7) is -0.0407. The Morgan fingerprint density at radius 2 is 2.10 bits per heavy atom. The van der Waals surface area contributed by atoms with Crippen LogP contribution in [-0.2, 0) is 6.54 Å². The standard InChI is InChI=1S/C13H11F2N3O3/c1-21-13-3-2-9(7-17-13)16-6-8-4-12(18(19)20)11(15)5-10(8)14/h2-5,7,16H,6H2,1H3. The van der Waals surface area contributed by atoms with Crippen molar-refractivity contribution < 1.29 is 18.4 Å². The molecule has 1 aromatic heterocycles. The minimum absolute atomic E-state index is 0.0149. The van der Waals surface area contributed by atoms with E-state index in [1.807, 2.05) is 0 Å². The molecule has 0 unspecified atom stereocenters. The quantitative estimate of drug-likeness (QED) is 0.678. The maximum Gasteiger partial charge on any atom is 0.305 e. The Labute approximate surface area is 118 Å². The van der Waals surface area contributed by atoms with E-state index in [4.69, 9.17) is 4.74 Å². The maximum atomic E-state index is 13.6. The highest BCUT2D eigenvalue weighted by Crippen LogP contribution is 2.22. The van der Waals surface area contributed by atoms with Crippen LogP contribution in [0.4, 0.5) is 20.2 Å². The van der Waals surface area contributed by atoms with Crippen LogP contribution < -0.4 is 10.1 Å². The van der Waals surface area contributed by atoms with E-state index < -0.39 is 22.2 Å². The maximum absolute atomic E-state index is 13.6. The van der Waals surface area contributed by atoms with Gasteiger partial charge in [0.25, 0.3) is 0 Å². The highest BCUT2D eigenvalue weighted by Gasteiger charge is 2.18. The number of nitrogens with zero attached hydrogens (tertiary/aromatic N) is 2. The first kappa shape index (κ1) is 14.6. The van der Waals surface area contributed by atoms with E-state index in [0.717, 1.165) is 6.07 Å². The molecule has 0 aliphatic rings. The van der Waals surface area contributed by atoms with Gasteiger partial charge in [0.1, 0.15) is 5.82 Å². The fraction of sp³-hybridized carbons (Fsp3) is 0.154. The topological polar surface area (TPSA) is 77.3 Å². The lowest BCUT2D eigenvalue weighted by Gasteiger charge is -2.08. The summed E-state index contributed by atoms with van der Waals surface area (Å²) in [6, 6.07) is 4.63. The Balaban J connectivity index is 2.15. The third-order valence-electron chi connectivity index (χ3n) is 2.74. The Hall–Kier alpha value is -2.77. The first-order chi connectivity index (χ1) is 10.0. The Morgan fingerprint density at radius 1 is 1.33 bits per heavy atom. The molecule has 0 atom stereocenters. The molecule has 0 bridgehead atoms. The number of hydrogen-bond donors (Lipinski definition) is 1. The molecule has 0 saturated carbocycles. The van der Waals surface area contributed by atoms with Gasteiger partial charge in [0.15, 0.2) is 0 Å². The van der Waals surface area contributed by atoms with Crippen LogP contribution in [0.15, 0.2) is 30.5 Å². The molecule has 8 heteroatoms. The number of anilines is 1. The summed E-state index contributed by atoms with van der Waals surface area (Å²) < 4.78 is 31.7. The fourth-order valence-electron chi connectivity index (χ4n) is 1.66. The van der Waals surface area contributed by atoms with Crippen LogP contribution in [0.1, 0.15) is 5.56 Å². The molecule has 0 spiro atoms. The van der Waals surface area contributed by atoms with Crippen LogP contribution in [0.5, 0.6) is 5.88 Å². The minimum atomic E-state index is -1.20. The van der Waals surface area contributed by atoms with Gasteiger partial charge in [0.2, 0.25) is 11.7 Å².